The van der Waals surface area contributed by atoms with Gasteiger partial charge in [0.15, 0.2) is 11.5 Å². The van der Waals surface area contributed by atoms with E-state index in [2.05, 4.69) is 21.2 Å². The maximum atomic E-state index is 13.0. The first-order chi connectivity index (χ1) is 11.8. The zero-order chi connectivity index (χ0) is 18.6. The van der Waals surface area contributed by atoms with E-state index in [1.807, 2.05) is 0 Å². The predicted octanol–water partition coefficient (Wildman–Crippen LogP) is 5.13. The van der Waals surface area contributed by atoms with Gasteiger partial charge in [0.2, 0.25) is 0 Å². The lowest BCUT2D eigenvalue weighted by Gasteiger charge is -2.15. The monoisotopic (exact) mass is 417 g/mol. The summed E-state index contributed by atoms with van der Waals surface area (Å²) < 4.78 is 50.1. The molecule has 0 fully saturated rings. The Bertz CT molecular complexity index is 778. The van der Waals surface area contributed by atoms with Gasteiger partial charge in [-0.3, -0.25) is 4.79 Å². The zero-order valence-electron chi connectivity index (χ0n) is 13.4. The number of anilines is 1. The second kappa shape index (κ2) is 7.77. The number of benzene rings is 2. The minimum Gasteiger partial charge on any atom is -0.493 e. The van der Waals surface area contributed by atoms with E-state index in [1.54, 1.807) is 6.92 Å². The first-order valence-corrected chi connectivity index (χ1v) is 8.05. The molecule has 0 radical (unpaired) electrons. The van der Waals surface area contributed by atoms with E-state index < -0.39 is 17.6 Å². The maximum Gasteiger partial charge on any atom is 0.418 e. The van der Waals surface area contributed by atoms with Crippen molar-refractivity contribution in [2.24, 2.45) is 0 Å². The summed E-state index contributed by atoms with van der Waals surface area (Å²) in [6, 6.07) is 7.64. The topological polar surface area (TPSA) is 47.6 Å². The lowest BCUT2D eigenvalue weighted by atomic mass is 10.1. The van der Waals surface area contributed by atoms with Crippen LogP contribution in [-0.2, 0) is 6.18 Å². The molecule has 1 N–H and O–H groups in total. The minimum atomic E-state index is -4.57. The van der Waals surface area contributed by atoms with Crippen LogP contribution in [0.15, 0.2) is 40.9 Å². The number of carbonyl (C=O) groups excluding carboxylic acids is 1. The van der Waals surface area contributed by atoms with Crippen LogP contribution in [-0.4, -0.2) is 19.6 Å². The van der Waals surface area contributed by atoms with Crippen LogP contribution in [0.5, 0.6) is 11.5 Å². The fourth-order valence-corrected chi connectivity index (χ4v) is 2.73. The van der Waals surface area contributed by atoms with Crippen molar-refractivity contribution >= 4 is 27.5 Å². The van der Waals surface area contributed by atoms with Gasteiger partial charge in [-0.2, -0.15) is 13.2 Å². The van der Waals surface area contributed by atoms with Gasteiger partial charge in [-0.05, 0) is 47.1 Å². The van der Waals surface area contributed by atoms with Crippen molar-refractivity contribution in [3.05, 3.63) is 52.0 Å². The Morgan fingerprint density at radius 3 is 2.52 bits per heavy atom. The van der Waals surface area contributed by atoms with Crippen molar-refractivity contribution in [3.8, 4) is 11.5 Å². The van der Waals surface area contributed by atoms with Crippen LogP contribution in [0.3, 0.4) is 0 Å². The van der Waals surface area contributed by atoms with Gasteiger partial charge >= 0.3 is 6.18 Å². The summed E-state index contributed by atoms with van der Waals surface area (Å²) in [5.41, 5.74) is -1.10. The van der Waals surface area contributed by atoms with Gasteiger partial charge in [0.25, 0.3) is 5.91 Å². The number of halogens is 4. The van der Waals surface area contributed by atoms with E-state index in [-0.39, 0.29) is 11.3 Å². The van der Waals surface area contributed by atoms with E-state index in [4.69, 9.17) is 9.47 Å². The highest BCUT2D eigenvalue weighted by Crippen LogP contribution is 2.38. The molecule has 25 heavy (non-hydrogen) atoms. The molecule has 0 aliphatic heterocycles. The number of ether oxygens (including phenoxy) is 2. The molecule has 2 rings (SSSR count). The molecule has 1 amide bonds. The number of alkyl halides is 3. The van der Waals surface area contributed by atoms with Crippen molar-refractivity contribution in [2.45, 2.75) is 13.1 Å². The maximum absolute atomic E-state index is 13.0. The second-order valence-electron chi connectivity index (χ2n) is 4.92. The Balaban J connectivity index is 2.35. The average Bonchev–Trinajstić information content (AvgIpc) is 2.56. The Kier molecular flexibility index (Phi) is 5.94. The fourth-order valence-electron chi connectivity index (χ4n) is 2.17. The molecule has 0 bridgehead atoms. The number of carbonyl (C=O) groups is 1. The highest BCUT2D eigenvalue weighted by atomic mass is 79.9. The number of amides is 1. The van der Waals surface area contributed by atoms with Gasteiger partial charge in [0, 0.05) is 5.56 Å². The summed E-state index contributed by atoms with van der Waals surface area (Å²) in [4.78, 5) is 12.4. The summed E-state index contributed by atoms with van der Waals surface area (Å²) in [6.45, 7) is 2.18. The molecule has 0 aromatic heterocycles. The Morgan fingerprint density at radius 1 is 1.24 bits per heavy atom. The van der Waals surface area contributed by atoms with E-state index >= 15 is 0 Å². The Morgan fingerprint density at radius 2 is 1.92 bits per heavy atom. The molecule has 0 saturated carbocycles. The van der Waals surface area contributed by atoms with Crippen LogP contribution in [0.4, 0.5) is 18.9 Å². The van der Waals surface area contributed by atoms with E-state index in [9.17, 15) is 18.0 Å². The molecule has 4 nitrogen and oxygen atoms in total. The Labute approximate surface area is 151 Å². The van der Waals surface area contributed by atoms with Crippen molar-refractivity contribution in [1.82, 2.24) is 0 Å². The summed E-state index contributed by atoms with van der Waals surface area (Å²) in [6.07, 6.45) is -4.57. The third-order valence-electron chi connectivity index (χ3n) is 3.26. The van der Waals surface area contributed by atoms with Crippen LogP contribution in [0.2, 0.25) is 0 Å². The van der Waals surface area contributed by atoms with Gasteiger partial charge in [-0.15, -0.1) is 0 Å². The highest BCUT2D eigenvalue weighted by Gasteiger charge is 2.33. The number of nitrogens with one attached hydrogen (secondary N) is 1. The molecule has 0 aliphatic carbocycles. The quantitative estimate of drug-likeness (QED) is 0.733. The molecule has 8 heteroatoms. The number of rotatable bonds is 5. The molecule has 2 aromatic rings. The normalized spacial score (nSPS) is 11.1. The highest BCUT2D eigenvalue weighted by molar-refractivity contribution is 9.10. The SMILES string of the molecule is CCOc1c(Br)cc(C(=O)Nc2ccccc2C(F)(F)F)cc1OC. The van der Waals surface area contributed by atoms with Crippen molar-refractivity contribution in [1.29, 1.82) is 0 Å². The number of hydrogen-bond acceptors (Lipinski definition) is 3. The third kappa shape index (κ3) is 4.45. The molecule has 0 unspecified atom stereocenters. The second-order valence-corrected chi connectivity index (χ2v) is 5.77. The van der Waals surface area contributed by atoms with E-state index in [1.165, 1.54) is 37.4 Å². The van der Waals surface area contributed by atoms with Gasteiger partial charge in [0.1, 0.15) is 0 Å². The molecule has 0 spiro atoms. The van der Waals surface area contributed by atoms with Crippen LogP contribution in [0.25, 0.3) is 0 Å². The largest absolute Gasteiger partial charge is 0.493 e. The standard InChI is InChI=1S/C17H15BrF3NO3/c1-3-25-15-12(18)8-10(9-14(15)24-2)16(23)22-13-7-5-4-6-11(13)17(19,20)21/h4-9H,3H2,1-2H3,(H,22,23). The predicted molar refractivity (Wildman–Crippen MR) is 91.3 cm³/mol. The first kappa shape index (κ1) is 19.1. The van der Waals surface area contributed by atoms with Crippen LogP contribution in [0.1, 0.15) is 22.8 Å². The summed E-state index contributed by atoms with van der Waals surface area (Å²) in [5, 5.41) is 2.29. The lowest BCUT2D eigenvalue weighted by Crippen LogP contribution is -2.17. The number of hydrogen-bond donors (Lipinski definition) is 1. The molecule has 2 aromatic carbocycles. The smallest absolute Gasteiger partial charge is 0.418 e. The summed E-state index contributed by atoms with van der Waals surface area (Å²) >= 11 is 3.27. The molecule has 0 atom stereocenters. The fraction of sp³-hybridized carbons (Fsp3) is 0.235. The zero-order valence-corrected chi connectivity index (χ0v) is 15.0. The molecular formula is C17H15BrF3NO3. The van der Waals surface area contributed by atoms with E-state index in [0.717, 1.165) is 6.07 Å². The Hall–Kier alpha value is -2.22. The average molecular weight is 418 g/mol. The first-order valence-electron chi connectivity index (χ1n) is 7.25. The third-order valence-corrected chi connectivity index (χ3v) is 3.85. The van der Waals surface area contributed by atoms with E-state index in [0.29, 0.717) is 22.6 Å². The minimum absolute atomic E-state index is 0.129. The molecule has 0 heterocycles. The molecule has 0 saturated heterocycles. The molecule has 0 aliphatic rings. The molecule has 134 valence electrons. The van der Waals surface area contributed by atoms with Crippen molar-refractivity contribution in [3.63, 3.8) is 0 Å². The molecular weight excluding hydrogens is 403 g/mol. The van der Waals surface area contributed by atoms with Crippen LogP contribution < -0.4 is 14.8 Å². The van der Waals surface area contributed by atoms with Gasteiger partial charge < -0.3 is 14.8 Å². The van der Waals surface area contributed by atoms with Crippen molar-refractivity contribution < 1.29 is 27.4 Å². The van der Waals surface area contributed by atoms with Gasteiger partial charge in [-0.1, -0.05) is 12.1 Å². The van der Waals surface area contributed by atoms with Crippen molar-refractivity contribution in [2.75, 3.05) is 19.0 Å². The van der Waals surface area contributed by atoms with Gasteiger partial charge in [0.05, 0.1) is 29.4 Å². The summed E-state index contributed by atoms with van der Waals surface area (Å²) in [7, 11) is 1.41. The lowest BCUT2D eigenvalue weighted by molar-refractivity contribution is -0.136. The number of para-hydroxylation sites is 1. The van der Waals surface area contributed by atoms with Crippen LogP contribution in [0, 0.1) is 0 Å². The summed E-state index contributed by atoms with van der Waals surface area (Å²) in [5.74, 6) is 0.0153. The number of methoxy groups -OCH3 is 1. The van der Waals surface area contributed by atoms with Gasteiger partial charge in [-0.25, -0.2) is 0 Å². The van der Waals surface area contributed by atoms with Crippen LogP contribution >= 0.6 is 15.9 Å².